The molecule has 18 heteroatoms. The van der Waals surface area contributed by atoms with Gasteiger partial charge in [-0.15, -0.1) is 0 Å². The molecular weight excluding hydrogens is 618 g/mol. The molecule has 1 saturated carbocycles. The molecule has 2 aliphatic heterocycles. The van der Waals surface area contributed by atoms with Crippen LogP contribution >= 0.6 is 0 Å². The maximum absolute atomic E-state index is 13.5. The zero-order valence-electron chi connectivity index (χ0n) is 23.6. The number of fused-ring (bicyclic) bond motifs is 1. The number of carbonyl (C=O) groups excluding carboxylic acids is 2. The van der Waals surface area contributed by atoms with Crippen molar-refractivity contribution in [2.45, 2.75) is 38.0 Å². The fourth-order valence-corrected chi connectivity index (χ4v) is 5.00. The normalized spacial score (nSPS) is 21.2. The first-order valence-electron chi connectivity index (χ1n) is 13.6. The van der Waals surface area contributed by atoms with Crippen LogP contribution in [-0.2, 0) is 14.4 Å². The number of anilines is 1. The number of amides is 2. The van der Waals surface area contributed by atoms with E-state index in [-0.39, 0.29) is 17.7 Å². The molecule has 0 bridgehead atoms. The third kappa shape index (κ3) is 9.74. The van der Waals surface area contributed by atoms with Gasteiger partial charge in [0.1, 0.15) is 0 Å². The Kier molecular flexibility index (Phi) is 11.3. The van der Waals surface area contributed by atoms with Crippen LogP contribution in [0.1, 0.15) is 36.0 Å². The number of alkyl halides is 6. The van der Waals surface area contributed by atoms with Crippen molar-refractivity contribution in [2.24, 2.45) is 17.3 Å². The highest BCUT2D eigenvalue weighted by molar-refractivity contribution is 5.94. The number of nitrogens with zero attached hydrogens (tertiary/aromatic N) is 5. The predicted octanol–water partition coefficient (Wildman–Crippen LogP) is 3.02. The van der Waals surface area contributed by atoms with Gasteiger partial charge in [-0.25, -0.2) is 19.6 Å². The summed E-state index contributed by atoms with van der Waals surface area (Å²) in [6.07, 6.45) is 0.535. The van der Waals surface area contributed by atoms with Gasteiger partial charge in [-0.1, -0.05) is 0 Å². The molecule has 2 aromatic rings. The number of carboxylic acids is 2. The van der Waals surface area contributed by atoms with Crippen molar-refractivity contribution >= 4 is 29.7 Å². The molecular formula is C27H30F6N6O6. The summed E-state index contributed by atoms with van der Waals surface area (Å²) in [6.45, 7) is 3.22. The number of rotatable bonds is 5. The van der Waals surface area contributed by atoms with Crippen LogP contribution in [0.25, 0.3) is 0 Å². The van der Waals surface area contributed by atoms with E-state index in [1.165, 1.54) is 12.8 Å². The van der Waals surface area contributed by atoms with Crippen LogP contribution in [0, 0.1) is 17.3 Å². The number of carbonyl (C=O) groups is 4. The highest BCUT2D eigenvalue weighted by atomic mass is 19.4. The van der Waals surface area contributed by atoms with Crippen LogP contribution in [0.3, 0.4) is 0 Å². The molecule has 2 amide bonds. The maximum Gasteiger partial charge on any atom is 0.490 e. The van der Waals surface area contributed by atoms with Crippen molar-refractivity contribution in [3.8, 4) is 0 Å². The Balaban J connectivity index is 0.000000331. The summed E-state index contributed by atoms with van der Waals surface area (Å²) in [7, 11) is 0. The number of halogens is 6. The summed E-state index contributed by atoms with van der Waals surface area (Å²) < 4.78 is 63.5. The van der Waals surface area contributed by atoms with Crippen LogP contribution in [0.2, 0.25) is 0 Å². The third-order valence-corrected chi connectivity index (χ3v) is 7.40. The monoisotopic (exact) mass is 648 g/mol. The summed E-state index contributed by atoms with van der Waals surface area (Å²) in [6, 6.07) is 5.38. The SMILES string of the molecule is O=C(O)C(F)(F)F.O=C(O)C(F)(F)F.O=C(c1cccnc1)N1CCC[C@]2(C(=O)NCC3CC3)CN(c3ncccn3)C[C@@H]2C1. The minimum absolute atomic E-state index is 0.0169. The maximum atomic E-state index is 13.5. The first-order chi connectivity index (χ1) is 21.0. The average molecular weight is 649 g/mol. The lowest BCUT2D eigenvalue weighted by Crippen LogP contribution is -2.48. The van der Waals surface area contributed by atoms with Crippen molar-refractivity contribution in [1.82, 2.24) is 25.2 Å². The van der Waals surface area contributed by atoms with Gasteiger partial charge in [-0.3, -0.25) is 14.6 Å². The highest BCUT2D eigenvalue weighted by Gasteiger charge is 2.54. The van der Waals surface area contributed by atoms with Crippen molar-refractivity contribution in [1.29, 1.82) is 0 Å². The number of hydrogen-bond donors (Lipinski definition) is 3. The Labute approximate surface area is 252 Å². The molecule has 2 aromatic heterocycles. The summed E-state index contributed by atoms with van der Waals surface area (Å²) in [5.74, 6) is -4.10. The number of aliphatic carboxylic acids is 2. The number of aromatic nitrogens is 3. The number of carboxylic acid groups (broad SMARTS) is 2. The van der Waals surface area contributed by atoms with E-state index in [9.17, 15) is 35.9 Å². The minimum Gasteiger partial charge on any atom is -0.475 e. The van der Waals surface area contributed by atoms with Crippen molar-refractivity contribution < 1.29 is 55.7 Å². The van der Waals surface area contributed by atoms with E-state index >= 15 is 0 Å². The van der Waals surface area contributed by atoms with E-state index in [2.05, 4.69) is 25.2 Å². The van der Waals surface area contributed by atoms with E-state index in [4.69, 9.17) is 19.8 Å². The van der Waals surface area contributed by atoms with Crippen LogP contribution in [-0.4, -0.2) is 98.9 Å². The Morgan fingerprint density at radius 1 is 0.933 bits per heavy atom. The molecule has 2 saturated heterocycles. The fourth-order valence-electron chi connectivity index (χ4n) is 5.00. The molecule has 3 fully saturated rings. The second-order valence-corrected chi connectivity index (χ2v) is 10.6. The van der Waals surface area contributed by atoms with Gasteiger partial charge in [0.05, 0.1) is 11.0 Å². The fraction of sp³-hybridized carbons (Fsp3) is 0.519. The largest absolute Gasteiger partial charge is 0.490 e. The van der Waals surface area contributed by atoms with E-state index in [1.54, 1.807) is 43.0 Å². The van der Waals surface area contributed by atoms with E-state index < -0.39 is 29.7 Å². The lowest BCUT2D eigenvalue weighted by atomic mass is 9.74. The van der Waals surface area contributed by atoms with Gasteiger partial charge in [-0.2, -0.15) is 26.3 Å². The smallest absolute Gasteiger partial charge is 0.475 e. The van der Waals surface area contributed by atoms with Crippen LogP contribution in [0.4, 0.5) is 32.3 Å². The van der Waals surface area contributed by atoms with Crippen molar-refractivity contribution in [2.75, 3.05) is 37.6 Å². The Bertz CT molecular complexity index is 1310. The van der Waals surface area contributed by atoms with E-state index in [0.717, 1.165) is 19.4 Å². The minimum atomic E-state index is -5.08. The van der Waals surface area contributed by atoms with Gasteiger partial charge >= 0.3 is 24.3 Å². The van der Waals surface area contributed by atoms with E-state index in [1.807, 2.05) is 4.90 Å². The summed E-state index contributed by atoms with van der Waals surface area (Å²) in [5.41, 5.74) is 0.0624. The molecule has 5 rings (SSSR count). The Morgan fingerprint density at radius 3 is 2.04 bits per heavy atom. The lowest BCUT2D eigenvalue weighted by molar-refractivity contribution is -0.193. The van der Waals surface area contributed by atoms with Crippen molar-refractivity contribution in [3.05, 3.63) is 48.5 Å². The van der Waals surface area contributed by atoms with Gasteiger partial charge < -0.3 is 25.3 Å². The molecule has 3 N–H and O–H groups in total. The molecule has 0 spiro atoms. The molecule has 246 valence electrons. The molecule has 1 aliphatic carbocycles. The zero-order chi connectivity index (χ0) is 33.4. The summed E-state index contributed by atoms with van der Waals surface area (Å²) in [4.78, 5) is 61.4. The van der Waals surface area contributed by atoms with Gasteiger partial charge in [0.15, 0.2) is 0 Å². The number of nitrogens with one attached hydrogen (secondary N) is 1. The first kappa shape index (κ1) is 35.0. The van der Waals surface area contributed by atoms with Gasteiger partial charge in [0.2, 0.25) is 11.9 Å². The molecule has 2 atom stereocenters. The molecule has 0 unspecified atom stereocenters. The second-order valence-electron chi connectivity index (χ2n) is 10.6. The van der Waals surface area contributed by atoms with Crippen LogP contribution < -0.4 is 10.2 Å². The lowest BCUT2D eigenvalue weighted by Gasteiger charge is -2.32. The highest BCUT2D eigenvalue weighted by Crippen LogP contribution is 2.44. The molecule has 45 heavy (non-hydrogen) atoms. The number of hydrogen-bond acceptors (Lipinski definition) is 8. The number of likely N-dealkylation sites (tertiary alicyclic amines) is 1. The second kappa shape index (κ2) is 14.5. The summed E-state index contributed by atoms with van der Waals surface area (Å²) in [5, 5.41) is 17.5. The van der Waals surface area contributed by atoms with Crippen LogP contribution in [0.5, 0.6) is 0 Å². The summed E-state index contributed by atoms with van der Waals surface area (Å²) >= 11 is 0. The number of pyridine rings is 1. The van der Waals surface area contributed by atoms with Gasteiger partial charge in [0, 0.05) is 63.4 Å². The van der Waals surface area contributed by atoms with E-state index in [0.29, 0.717) is 43.6 Å². The molecule has 0 aromatic carbocycles. The van der Waals surface area contributed by atoms with Gasteiger partial charge in [-0.05, 0) is 49.8 Å². The topological polar surface area (TPSA) is 166 Å². The zero-order valence-corrected chi connectivity index (χ0v) is 23.6. The molecule has 4 heterocycles. The third-order valence-electron chi connectivity index (χ3n) is 7.40. The Hall–Kier alpha value is -4.51. The molecule has 12 nitrogen and oxygen atoms in total. The standard InChI is InChI=1S/C23H28N6O2.2C2HF3O2/c30-20(18-4-1-8-24-13-18)28-11-2-7-23(21(31)27-12-17-5-6-17)16-29(15-19(23)14-28)22-25-9-3-10-26-22;2*3-2(4,5)1(6)7/h1,3-4,8-10,13,17,19H,2,5-7,11-12,14-16H2,(H,27,31);2*(H,6,7)/t19-,23-;;/m0../s1. The average Bonchev–Trinajstić information content (AvgIpc) is 3.78. The van der Waals surface area contributed by atoms with Crippen LogP contribution in [0.15, 0.2) is 43.0 Å². The first-order valence-corrected chi connectivity index (χ1v) is 13.6. The molecule has 3 aliphatic rings. The van der Waals surface area contributed by atoms with Gasteiger partial charge in [0.25, 0.3) is 5.91 Å². The molecule has 0 radical (unpaired) electrons. The van der Waals surface area contributed by atoms with Crippen molar-refractivity contribution in [3.63, 3.8) is 0 Å². The predicted molar refractivity (Wildman–Crippen MR) is 143 cm³/mol. The quantitative estimate of drug-likeness (QED) is 0.411. The Morgan fingerprint density at radius 2 is 1.53 bits per heavy atom.